The Labute approximate surface area is 208 Å². The summed E-state index contributed by atoms with van der Waals surface area (Å²) in [5, 5.41) is 3.89. The predicted molar refractivity (Wildman–Crippen MR) is 129 cm³/mol. The van der Waals surface area contributed by atoms with Gasteiger partial charge < -0.3 is 4.90 Å². The van der Waals surface area contributed by atoms with Crippen molar-refractivity contribution in [3.05, 3.63) is 88.2 Å². The number of amides is 1. The Morgan fingerprint density at radius 1 is 0.971 bits per heavy atom. The van der Waals surface area contributed by atoms with Crippen molar-refractivity contribution < 1.29 is 18.0 Å². The molecule has 1 aliphatic rings. The number of hydrogen-bond donors (Lipinski definition) is 0. The van der Waals surface area contributed by atoms with Crippen LogP contribution in [0.2, 0.25) is 0 Å². The molecule has 0 atom stereocenters. The molecule has 5 rings (SSSR count). The van der Waals surface area contributed by atoms with E-state index in [-0.39, 0.29) is 22.8 Å². The molecule has 1 amide bonds. The van der Waals surface area contributed by atoms with Crippen LogP contribution in [0, 0.1) is 0 Å². The number of piperazine rings is 1. The fourth-order valence-electron chi connectivity index (χ4n) is 4.21. The van der Waals surface area contributed by atoms with Gasteiger partial charge in [0.25, 0.3) is 5.91 Å². The van der Waals surface area contributed by atoms with E-state index in [1.54, 1.807) is 29.2 Å². The summed E-state index contributed by atoms with van der Waals surface area (Å²) in [4.78, 5) is 21.6. The van der Waals surface area contributed by atoms with E-state index in [1.165, 1.54) is 11.8 Å². The lowest BCUT2D eigenvalue weighted by molar-refractivity contribution is -0.142. The van der Waals surface area contributed by atoms with Gasteiger partial charge in [0.1, 0.15) is 5.56 Å². The molecule has 1 saturated heterocycles. The number of rotatable bonds is 4. The second kappa shape index (κ2) is 9.43. The summed E-state index contributed by atoms with van der Waals surface area (Å²) < 4.78 is 43.1. The largest absolute Gasteiger partial charge is 0.433 e. The highest BCUT2D eigenvalue weighted by molar-refractivity contribution is 9.10. The maximum atomic E-state index is 13.9. The molecule has 0 radical (unpaired) electrons. The molecule has 3 heterocycles. The van der Waals surface area contributed by atoms with E-state index in [1.807, 2.05) is 18.2 Å². The molecule has 4 aromatic rings. The fraction of sp³-hybridized carbons (Fsp3) is 0.240. The van der Waals surface area contributed by atoms with E-state index in [0.29, 0.717) is 36.3 Å². The van der Waals surface area contributed by atoms with Crippen molar-refractivity contribution in [3.63, 3.8) is 0 Å². The first-order valence-corrected chi connectivity index (χ1v) is 11.9. The minimum atomic E-state index is -4.67. The molecular weight excluding hydrogens is 523 g/mol. The number of aromatic nitrogens is 3. The zero-order chi connectivity index (χ0) is 24.6. The van der Waals surface area contributed by atoms with Gasteiger partial charge in [-0.2, -0.15) is 18.3 Å². The second-order valence-corrected chi connectivity index (χ2v) is 9.29. The minimum absolute atomic E-state index is 0.0611. The average Bonchev–Trinajstić information content (AvgIpc) is 3.28. The molecule has 2 aromatic heterocycles. The molecular formula is C25H21BrF3N5O. The summed E-state index contributed by atoms with van der Waals surface area (Å²) in [6.45, 7) is 3.08. The summed E-state index contributed by atoms with van der Waals surface area (Å²) in [5.74, 6) is -0.368. The van der Waals surface area contributed by atoms with E-state index in [0.717, 1.165) is 17.1 Å². The van der Waals surface area contributed by atoms with Crippen LogP contribution in [0.5, 0.6) is 0 Å². The smallest absolute Gasteiger partial charge is 0.336 e. The quantitative estimate of drug-likeness (QED) is 0.358. The third kappa shape index (κ3) is 4.94. The Kier molecular flexibility index (Phi) is 6.33. The van der Waals surface area contributed by atoms with Gasteiger partial charge in [-0.15, -0.1) is 0 Å². The Balaban J connectivity index is 1.42. The standard InChI is InChI=1S/C25H21BrF3N5O/c26-19-8-6-18(7-9-19)21-14-22(25(27,28)29)34-23(31-21)20(15-30-34)24(35)33-12-10-32(11-13-33)16-17-4-2-1-3-5-17/h1-9,14-15H,10-13,16H2. The number of fused-ring (bicyclic) bond motifs is 1. The molecule has 1 fully saturated rings. The average molecular weight is 544 g/mol. The van der Waals surface area contributed by atoms with Crippen LogP contribution < -0.4 is 0 Å². The number of halogens is 4. The molecule has 180 valence electrons. The molecule has 0 N–H and O–H groups in total. The lowest BCUT2D eigenvalue weighted by Gasteiger charge is -2.34. The number of hydrogen-bond acceptors (Lipinski definition) is 4. The number of alkyl halides is 3. The molecule has 2 aromatic carbocycles. The Hall–Kier alpha value is -3.24. The van der Waals surface area contributed by atoms with E-state index in [9.17, 15) is 18.0 Å². The van der Waals surface area contributed by atoms with Gasteiger partial charge in [0, 0.05) is 42.8 Å². The number of carbonyl (C=O) groups is 1. The number of benzene rings is 2. The van der Waals surface area contributed by atoms with Gasteiger partial charge in [-0.1, -0.05) is 58.4 Å². The van der Waals surface area contributed by atoms with E-state index < -0.39 is 11.9 Å². The highest BCUT2D eigenvalue weighted by Crippen LogP contribution is 2.33. The number of nitrogens with zero attached hydrogens (tertiary/aromatic N) is 5. The monoisotopic (exact) mass is 543 g/mol. The van der Waals surface area contributed by atoms with Gasteiger partial charge in [-0.3, -0.25) is 9.69 Å². The zero-order valence-electron chi connectivity index (χ0n) is 18.5. The molecule has 1 aliphatic heterocycles. The van der Waals surface area contributed by atoms with Crippen molar-refractivity contribution in [1.82, 2.24) is 24.4 Å². The van der Waals surface area contributed by atoms with Crippen LogP contribution in [0.4, 0.5) is 13.2 Å². The minimum Gasteiger partial charge on any atom is -0.336 e. The second-order valence-electron chi connectivity index (χ2n) is 8.38. The van der Waals surface area contributed by atoms with Gasteiger partial charge >= 0.3 is 6.18 Å². The highest BCUT2D eigenvalue weighted by atomic mass is 79.9. The van der Waals surface area contributed by atoms with E-state index in [2.05, 4.69) is 43.0 Å². The van der Waals surface area contributed by atoms with E-state index in [4.69, 9.17) is 0 Å². The van der Waals surface area contributed by atoms with Crippen molar-refractivity contribution in [2.75, 3.05) is 26.2 Å². The van der Waals surface area contributed by atoms with Crippen LogP contribution in [-0.2, 0) is 12.7 Å². The van der Waals surface area contributed by atoms with Crippen molar-refractivity contribution >= 4 is 27.5 Å². The first-order valence-electron chi connectivity index (χ1n) is 11.1. The van der Waals surface area contributed by atoms with Crippen LogP contribution in [0.25, 0.3) is 16.9 Å². The van der Waals surface area contributed by atoms with Gasteiger partial charge in [-0.05, 0) is 23.8 Å². The molecule has 0 bridgehead atoms. The van der Waals surface area contributed by atoms with Gasteiger partial charge in [0.15, 0.2) is 11.3 Å². The molecule has 35 heavy (non-hydrogen) atoms. The van der Waals surface area contributed by atoms with Crippen molar-refractivity contribution in [2.45, 2.75) is 12.7 Å². The Morgan fingerprint density at radius 3 is 2.31 bits per heavy atom. The van der Waals surface area contributed by atoms with Crippen LogP contribution in [0.1, 0.15) is 21.6 Å². The maximum Gasteiger partial charge on any atom is 0.433 e. The third-order valence-electron chi connectivity index (χ3n) is 6.04. The molecule has 0 aliphatic carbocycles. The summed E-state index contributed by atoms with van der Waals surface area (Å²) in [5.41, 5.74) is 0.807. The first kappa shape index (κ1) is 23.5. The van der Waals surface area contributed by atoms with Crippen molar-refractivity contribution in [1.29, 1.82) is 0 Å². The Morgan fingerprint density at radius 2 is 1.66 bits per heavy atom. The summed E-state index contributed by atoms with van der Waals surface area (Å²) in [6.07, 6.45) is -3.48. The highest BCUT2D eigenvalue weighted by Gasteiger charge is 2.36. The van der Waals surface area contributed by atoms with Crippen LogP contribution in [0.15, 0.2) is 71.3 Å². The van der Waals surface area contributed by atoms with Crippen molar-refractivity contribution in [3.8, 4) is 11.3 Å². The van der Waals surface area contributed by atoms with Gasteiger partial charge in [0.05, 0.1) is 11.9 Å². The van der Waals surface area contributed by atoms with Gasteiger partial charge in [-0.25, -0.2) is 9.50 Å². The van der Waals surface area contributed by atoms with Crippen LogP contribution >= 0.6 is 15.9 Å². The zero-order valence-corrected chi connectivity index (χ0v) is 20.1. The normalized spacial score (nSPS) is 15.0. The molecule has 10 heteroatoms. The SMILES string of the molecule is O=C(c1cnn2c(C(F)(F)F)cc(-c3ccc(Br)cc3)nc12)N1CCN(Cc2ccccc2)CC1. The van der Waals surface area contributed by atoms with Crippen LogP contribution in [0.3, 0.4) is 0 Å². The lowest BCUT2D eigenvalue weighted by atomic mass is 10.1. The fourth-order valence-corrected chi connectivity index (χ4v) is 4.47. The Bertz CT molecular complexity index is 1350. The van der Waals surface area contributed by atoms with Crippen molar-refractivity contribution in [2.24, 2.45) is 0 Å². The topological polar surface area (TPSA) is 53.7 Å². The van der Waals surface area contributed by atoms with E-state index >= 15 is 0 Å². The molecule has 0 saturated carbocycles. The number of carbonyl (C=O) groups excluding carboxylic acids is 1. The molecule has 6 nitrogen and oxygen atoms in total. The lowest BCUT2D eigenvalue weighted by Crippen LogP contribution is -2.48. The first-order chi connectivity index (χ1) is 16.8. The predicted octanol–water partition coefficient (Wildman–Crippen LogP) is 5.14. The summed E-state index contributed by atoms with van der Waals surface area (Å²) >= 11 is 3.33. The maximum absolute atomic E-state index is 13.9. The summed E-state index contributed by atoms with van der Waals surface area (Å²) in [6, 6.07) is 17.8. The summed E-state index contributed by atoms with van der Waals surface area (Å²) in [7, 11) is 0. The molecule has 0 unspecified atom stereocenters. The third-order valence-corrected chi connectivity index (χ3v) is 6.57. The van der Waals surface area contributed by atoms with Gasteiger partial charge in [0.2, 0.25) is 0 Å². The van der Waals surface area contributed by atoms with Crippen LogP contribution in [-0.4, -0.2) is 56.5 Å². The molecule has 0 spiro atoms.